The largest absolute Gasteiger partial charge is 0.477 e. The third kappa shape index (κ3) is 1.65. The van der Waals surface area contributed by atoms with Gasteiger partial charge in [-0.15, -0.1) is 0 Å². The molecule has 1 aromatic rings. The third-order valence-electron chi connectivity index (χ3n) is 1.45. The molecule has 0 aliphatic heterocycles. The van der Waals surface area contributed by atoms with E-state index in [0.717, 1.165) is 0 Å². The van der Waals surface area contributed by atoms with E-state index in [1.54, 1.807) is 0 Å². The van der Waals surface area contributed by atoms with Crippen molar-refractivity contribution in [2.24, 2.45) is 0 Å². The molecule has 0 fully saturated rings. The first-order valence-electron chi connectivity index (χ1n) is 3.30. The van der Waals surface area contributed by atoms with E-state index < -0.39 is 33.8 Å². The summed E-state index contributed by atoms with van der Waals surface area (Å²) in [5.74, 6) is -4.75. The molecule has 0 aliphatic carbocycles. The van der Waals surface area contributed by atoms with E-state index in [1.807, 2.05) is 0 Å². The maximum atomic E-state index is 12.8. The summed E-state index contributed by atoms with van der Waals surface area (Å²) in [7, 11) is 0. The van der Waals surface area contributed by atoms with Crippen LogP contribution >= 0.6 is 0 Å². The van der Waals surface area contributed by atoms with Crippen molar-refractivity contribution >= 4 is 11.7 Å². The van der Waals surface area contributed by atoms with Gasteiger partial charge in [0.2, 0.25) is 0 Å². The molecule has 0 aliphatic rings. The van der Waals surface area contributed by atoms with Crippen molar-refractivity contribution in [3.8, 4) is 0 Å². The van der Waals surface area contributed by atoms with Gasteiger partial charge >= 0.3 is 5.97 Å². The van der Waals surface area contributed by atoms with E-state index >= 15 is 0 Å². The molecule has 0 spiro atoms. The highest BCUT2D eigenvalue weighted by Crippen LogP contribution is 2.20. The molecule has 0 bridgehead atoms. The molecule has 0 heterocycles. The molecule has 0 unspecified atom stereocenters. The summed E-state index contributed by atoms with van der Waals surface area (Å²) in [5.41, 5.74) is -2.03. The third-order valence-corrected chi connectivity index (χ3v) is 1.45. The Morgan fingerprint density at radius 1 is 1.36 bits per heavy atom. The van der Waals surface area contributed by atoms with Crippen LogP contribution in [0, 0.1) is 21.7 Å². The number of nitrogens with zero attached hydrogens (tertiary/aromatic N) is 1. The predicted molar refractivity (Wildman–Crippen MR) is 40.0 cm³/mol. The topological polar surface area (TPSA) is 80.4 Å². The van der Waals surface area contributed by atoms with Crippen LogP contribution in [0.1, 0.15) is 10.4 Å². The lowest BCUT2D eigenvalue weighted by Crippen LogP contribution is -2.05. The lowest BCUT2D eigenvalue weighted by atomic mass is 10.2. The molecule has 1 N–H and O–H groups in total. The van der Waals surface area contributed by atoms with Gasteiger partial charge in [0.05, 0.1) is 17.1 Å². The first-order chi connectivity index (χ1) is 6.43. The Hall–Kier alpha value is -2.05. The van der Waals surface area contributed by atoms with Crippen molar-refractivity contribution in [3.63, 3.8) is 0 Å². The Bertz CT molecular complexity index is 395. The number of carboxylic acids is 1. The summed E-state index contributed by atoms with van der Waals surface area (Å²) in [6.45, 7) is 0. The van der Waals surface area contributed by atoms with E-state index in [2.05, 4.69) is 0 Å². The molecular weight excluding hydrogens is 200 g/mol. The zero-order chi connectivity index (χ0) is 10.9. The van der Waals surface area contributed by atoms with E-state index in [1.165, 1.54) is 0 Å². The number of benzene rings is 1. The van der Waals surface area contributed by atoms with Crippen molar-refractivity contribution < 1.29 is 23.6 Å². The van der Waals surface area contributed by atoms with Gasteiger partial charge in [-0.25, -0.2) is 13.6 Å². The fourth-order valence-corrected chi connectivity index (χ4v) is 0.869. The second-order valence-corrected chi connectivity index (χ2v) is 2.35. The van der Waals surface area contributed by atoms with Gasteiger partial charge in [-0.05, 0) is 0 Å². The number of carboxylic acid groups (broad SMARTS) is 1. The standard InChI is InChI=1S/C7H3F2NO4/c8-4-1-3(10(13)14)2-5(9)6(4)7(11)12/h1-2H,(H,11,12). The van der Waals surface area contributed by atoms with Gasteiger partial charge in [0.25, 0.3) is 5.69 Å². The molecule has 0 radical (unpaired) electrons. The zero-order valence-corrected chi connectivity index (χ0v) is 6.53. The SMILES string of the molecule is O=C(O)c1c(F)cc([N+](=O)[O-])cc1F. The lowest BCUT2D eigenvalue weighted by molar-refractivity contribution is -0.385. The number of hydrogen-bond donors (Lipinski definition) is 1. The van der Waals surface area contributed by atoms with Crippen LogP contribution in [0.4, 0.5) is 14.5 Å². The smallest absolute Gasteiger partial charge is 0.341 e. The number of non-ortho nitro benzene ring substituents is 1. The van der Waals surface area contributed by atoms with Crippen molar-refractivity contribution in [1.29, 1.82) is 0 Å². The summed E-state index contributed by atoms with van der Waals surface area (Å²) in [6.07, 6.45) is 0. The lowest BCUT2D eigenvalue weighted by Gasteiger charge is -1.98. The molecule has 0 atom stereocenters. The Kier molecular flexibility index (Phi) is 2.41. The molecule has 0 aromatic heterocycles. The van der Waals surface area contributed by atoms with E-state index in [9.17, 15) is 23.7 Å². The van der Waals surface area contributed by atoms with Crippen LogP contribution in [-0.4, -0.2) is 16.0 Å². The molecule has 0 amide bonds. The quantitative estimate of drug-likeness (QED) is 0.584. The minimum absolute atomic E-state index is 0.354. The Morgan fingerprint density at radius 2 is 1.79 bits per heavy atom. The van der Waals surface area contributed by atoms with Crippen LogP contribution < -0.4 is 0 Å². The molecule has 0 saturated carbocycles. The van der Waals surface area contributed by atoms with E-state index in [4.69, 9.17) is 5.11 Å². The van der Waals surface area contributed by atoms with Gasteiger partial charge in [0.15, 0.2) is 0 Å². The van der Waals surface area contributed by atoms with Crippen molar-refractivity contribution in [2.45, 2.75) is 0 Å². The van der Waals surface area contributed by atoms with Gasteiger partial charge < -0.3 is 5.11 Å². The van der Waals surface area contributed by atoms with Crippen molar-refractivity contribution in [3.05, 3.63) is 39.4 Å². The highest BCUT2D eigenvalue weighted by Gasteiger charge is 2.21. The maximum absolute atomic E-state index is 12.8. The summed E-state index contributed by atoms with van der Waals surface area (Å²) < 4.78 is 25.6. The average Bonchev–Trinajstić information content (AvgIpc) is 2.01. The van der Waals surface area contributed by atoms with Crippen LogP contribution in [0.3, 0.4) is 0 Å². The highest BCUT2D eigenvalue weighted by atomic mass is 19.1. The molecule has 0 saturated heterocycles. The minimum Gasteiger partial charge on any atom is -0.477 e. The van der Waals surface area contributed by atoms with Crippen LogP contribution in [0.25, 0.3) is 0 Å². The van der Waals surface area contributed by atoms with Gasteiger partial charge in [-0.1, -0.05) is 0 Å². The molecule has 1 aromatic carbocycles. The Balaban J connectivity index is 3.39. The number of halogens is 2. The second kappa shape index (κ2) is 3.36. The summed E-state index contributed by atoms with van der Waals surface area (Å²) in [6, 6.07) is 0.707. The number of hydrogen-bond acceptors (Lipinski definition) is 3. The first kappa shape index (κ1) is 10.0. The molecule has 5 nitrogen and oxygen atoms in total. The fourth-order valence-electron chi connectivity index (χ4n) is 0.869. The van der Waals surface area contributed by atoms with Crippen LogP contribution in [0.15, 0.2) is 12.1 Å². The maximum Gasteiger partial charge on any atom is 0.341 e. The Labute approximate surface area is 75.7 Å². The number of rotatable bonds is 2. The zero-order valence-electron chi connectivity index (χ0n) is 6.53. The minimum atomic E-state index is -1.81. The number of nitro benzene ring substituents is 1. The molecule has 74 valence electrons. The van der Waals surface area contributed by atoms with E-state index in [0.29, 0.717) is 12.1 Å². The second-order valence-electron chi connectivity index (χ2n) is 2.35. The molecular formula is C7H3F2NO4. The average molecular weight is 203 g/mol. The summed E-state index contributed by atoms with van der Waals surface area (Å²) in [5, 5.41) is 18.4. The summed E-state index contributed by atoms with van der Waals surface area (Å²) in [4.78, 5) is 19.4. The van der Waals surface area contributed by atoms with Crippen LogP contribution in [0.2, 0.25) is 0 Å². The van der Waals surface area contributed by atoms with Gasteiger partial charge in [0.1, 0.15) is 17.2 Å². The fraction of sp³-hybridized carbons (Fsp3) is 0. The molecule has 14 heavy (non-hydrogen) atoms. The van der Waals surface area contributed by atoms with Gasteiger partial charge in [-0.3, -0.25) is 10.1 Å². The summed E-state index contributed by atoms with van der Waals surface area (Å²) >= 11 is 0. The van der Waals surface area contributed by atoms with Crippen molar-refractivity contribution in [2.75, 3.05) is 0 Å². The van der Waals surface area contributed by atoms with Gasteiger partial charge in [0, 0.05) is 0 Å². The van der Waals surface area contributed by atoms with Crippen LogP contribution in [-0.2, 0) is 0 Å². The number of aromatic carboxylic acids is 1. The van der Waals surface area contributed by atoms with E-state index in [-0.39, 0.29) is 0 Å². The Morgan fingerprint density at radius 3 is 2.07 bits per heavy atom. The first-order valence-corrected chi connectivity index (χ1v) is 3.30. The normalized spacial score (nSPS) is 9.86. The highest BCUT2D eigenvalue weighted by molar-refractivity contribution is 5.88. The van der Waals surface area contributed by atoms with Gasteiger partial charge in [-0.2, -0.15) is 0 Å². The number of nitro groups is 1. The molecule has 7 heteroatoms. The molecule has 1 rings (SSSR count). The predicted octanol–water partition coefficient (Wildman–Crippen LogP) is 1.57. The van der Waals surface area contributed by atoms with Crippen LogP contribution in [0.5, 0.6) is 0 Å². The van der Waals surface area contributed by atoms with Crippen molar-refractivity contribution in [1.82, 2.24) is 0 Å². The monoisotopic (exact) mass is 203 g/mol. The number of carbonyl (C=O) groups is 1.